The molecule has 1 atom stereocenters. The molecule has 1 unspecified atom stereocenters. The summed E-state index contributed by atoms with van der Waals surface area (Å²) in [5, 5.41) is 2.63. The molecular formula is C19H17F3N2O. The molecule has 0 spiro atoms. The second-order valence-electron chi connectivity index (χ2n) is 6.72. The van der Waals surface area contributed by atoms with Gasteiger partial charge in [0, 0.05) is 22.6 Å². The minimum atomic E-state index is -4.44. The van der Waals surface area contributed by atoms with Crippen molar-refractivity contribution in [3.63, 3.8) is 0 Å². The van der Waals surface area contributed by atoms with Crippen molar-refractivity contribution in [2.75, 3.05) is 5.32 Å². The number of aryl methyl sites for hydroxylation is 1. The van der Waals surface area contributed by atoms with Gasteiger partial charge in [-0.2, -0.15) is 13.2 Å². The SMILES string of the molecule is CC1CCCc2[nH]c(C=C3C(=O)Nc4ccc(C(F)(F)F)cc43)cc21. The van der Waals surface area contributed by atoms with Crippen LogP contribution >= 0.6 is 0 Å². The predicted molar refractivity (Wildman–Crippen MR) is 90.1 cm³/mol. The minimum Gasteiger partial charge on any atom is -0.359 e. The molecule has 1 aromatic heterocycles. The van der Waals surface area contributed by atoms with Crippen LogP contribution in [0.5, 0.6) is 0 Å². The first kappa shape index (κ1) is 16.0. The number of carbonyl (C=O) groups excluding carboxylic acids is 1. The topological polar surface area (TPSA) is 44.9 Å². The molecule has 2 aromatic rings. The first-order valence-corrected chi connectivity index (χ1v) is 8.29. The fourth-order valence-electron chi connectivity index (χ4n) is 3.67. The van der Waals surface area contributed by atoms with Gasteiger partial charge in [-0.3, -0.25) is 4.79 Å². The number of anilines is 1. The van der Waals surface area contributed by atoms with E-state index in [1.54, 1.807) is 6.08 Å². The van der Waals surface area contributed by atoms with Crippen molar-refractivity contribution in [2.24, 2.45) is 0 Å². The van der Waals surface area contributed by atoms with Gasteiger partial charge in [-0.05, 0) is 61.1 Å². The number of rotatable bonds is 1. The molecule has 130 valence electrons. The molecule has 1 aliphatic heterocycles. The lowest BCUT2D eigenvalue weighted by molar-refractivity contribution is -0.137. The lowest BCUT2D eigenvalue weighted by Crippen LogP contribution is -2.04. The number of alkyl halides is 3. The number of aromatic nitrogens is 1. The van der Waals surface area contributed by atoms with E-state index in [0.29, 0.717) is 17.2 Å². The monoisotopic (exact) mass is 346 g/mol. The number of halogens is 3. The van der Waals surface area contributed by atoms with E-state index in [0.717, 1.165) is 42.8 Å². The standard InChI is InChI=1S/C19H17F3N2O/c1-10-3-2-4-16-13(10)8-12(23-16)9-15-14-7-11(19(20,21)22)5-6-17(14)24-18(15)25/h5-10,23H,2-4H2,1H3,(H,24,25). The second-order valence-corrected chi connectivity index (χ2v) is 6.72. The third kappa shape index (κ3) is 2.75. The van der Waals surface area contributed by atoms with Crippen LogP contribution in [0.15, 0.2) is 24.3 Å². The fourth-order valence-corrected chi connectivity index (χ4v) is 3.67. The largest absolute Gasteiger partial charge is 0.416 e. The van der Waals surface area contributed by atoms with Crippen LogP contribution < -0.4 is 5.32 Å². The van der Waals surface area contributed by atoms with E-state index in [1.807, 2.05) is 6.07 Å². The summed E-state index contributed by atoms with van der Waals surface area (Å²) < 4.78 is 38.9. The molecule has 0 bridgehead atoms. The van der Waals surface area contributed by atoms with Crippen LogP contribution in [0.3, 0.4) is 0 Å². The van der Waals surface area contributed by atoms with Crippen molar-refractivity contribution in [3.05, 3.63) is 52.3 Å². The molecule has 6 heteroatoms. The summed E-state index contributed by atoms with van der Waals surface area (Å²) in [5.41, 5.74) is 3.36. The Morgan fingerprint density at radius 2 is 2.04 bits per heavy atom. The molecule has 3 nitrogen and oxygen atoms in total. The zero-order valence-electron chi connectivity index (χ0n) is 13.6. The lowest BCUT2D eigenvalue weighted by Gasteiger charge is -2.17. The number of fused-ring (bicyclic) bond motifs is 2. The smallest absolute Gasteiger partial charge is 0.359 e. The summed E-state index contributed by atoms with van der Waals surface area (Å²) in [5.74, 6) is 0.0728. The average molecular weight is 346 g/mol. The minimum absolute atomic E-state index is 0.257. The third-order valence-corrected chi connectivity index (χ3v) is 4.98. The van der Waals surface area contributed by atoms with Gasteiger partial charge in [0.25, 0.3) is 5.91 Å². The highest BCUT2D eigenvalue weighted by Gasteiger charge is 2.34. The van der Waals surface area contributed by atoms with E-state index < -0.39 is 11.7 Å². The maximum Gasteiger partial charge on any atom is 0.416 e. The first-order valence-electron chi connectivity index (χ1n) is 8.29. The summed E-state index contributed by atoms with van der Waals surface area (Å²) >= 11 is 0. The highest BCUT2D eigenvalue weighted by Crippen LogP contribution is 2.39. The van der Waals surface area contributed by atoms with Crippen LogP contribution in [0, 0.1) is 0 Å². The third-order valence-electron chi connectivity index (χ3n) is 4.98. The Morgan fingerprint density at radius 3 is 2.76 bits per heavy atom. The molecule has 1 amide bonds. The highest BCUT2D eigenvalue weighted by molar-refractivity contribution is 6.34. The van der Waals surface area contributed by atoms with Crippen LogP contribution in [0.2, 0.25) is 0 Å². The van der Waals surface area contributed by atoms with Crippen molar-refractivity contribution >= 4 is 23.2 Å². The molecule has 0 saturated carbocycles. The van der Waals surface area contributed by atoms with E-state index in [4.69, 9.17) is 0 Å². The molecule has 2 aliphatic rings. The molecule has 2 heterocycles. The van der Waals surface area contributed by atoms with Crippen molar-refractivity contribution in [1.82, 2.24) is 4.98 Å². The highest BCUT2D eigenvalue weighted by atomic mass is 19.4. The summed E-state index contributed by atoms with van der Waals surface area (Å²) in [7, 11) is 0. The van der Waals surface area contributed by atoms with Gasteiger partial charge >= 0.3 is 6.18 Å². The van der Waals surface area contributed by atoms with Crippen molar-refractivity contribution < 1.29 is 18.0 Å². The number of hydrogen-bond donors (Lipinski definition) is 2. The Hall–Kier alpha value is -2.50. The molecule has 2 N–H and O–H groups in total. The Balaban J connectivity index is 1.77. The zero-order valence-corrected chi connectivity index (χ0v) is 13.6. The fraction of sp³-hybridized carbons (Fsp3) is 0.316. The molecule has 0 radical (unpaired) electrons. The van der Waals surface area contributed by atoms with Crippen molar-refractivity contribution in [2.45, 2.75) is 38.3 Å². The maximum absolute atomic E-state index is 13.0. The Labute approximate surface area is 142 Å². The summed E-state index contributed by atoms with van der Waals surface area (Å²) in [6.07, 6.45) is 0.408. The molecule has 4 rings (SSSR count). The quantitative estimate of drug-likeness (QED) is 0.704. The van der Waals surface area contributed by atoms with Gasteiger partial charge in [0.2, 0.25) is 0 Å². The molecular weight excluding hydrogens is 329 g/mol. The van der Waals surface area contributed by atoms with Crippen molar-refractivity contribution in [3.8, 4) is 0 Å². The zero-order chi connectivity index (χ0) is 17.8. The van der Waals surface area contributed by atoms with Gasteiger partial charge in [0.05, 0.1) is 11.1 Å². The number of hydrogen-bond acceptors (Lipinski definition) is 1. The van der Waals surface area contributed by atoms with E-state index in [9.17, 15) is 18.0 Å². The number of H-pyrrole nitrogens is 1. The van der Waals surface area contributed by atoms with Gasteiger partial charge in [-0.15, -0.1) is 0 Å². The van der Waals surface area contributed by atoms with Crippen molar-refractivity contribution in [1.29, 1.82) is 0 Å². The molecule has 0 fully saturated rings. The van der Waals surface area contributed by atoms with Crippen LogP contribution in [0.1, 0.15) is 53.8 Å². The van der Waals surface area contributed by atoms with Gasteiger partial charge in [-0.25, -0.2) is 0 Å². The van der Waals surface area contributed by atoms with Gasteiger partial charge in [0.1, 0.15) is 0 Å². The maximum atomic E-state index is 13.0. The Bertz CT molecular complexity index is 893. The van der Waals surface area contributed by atoms with Gasteiger partial charge in [0.15, 0.2) is 0 Å². The number of amides is 1. The van der Waals surface area contributed by atoms with E-state index >= 15 is 0 Å². The molecule has 1 aliphatic carbocycles. The summed E-state index contributed by atoms with van der Waals surface area (Å²) in [6, 6.07) is 5.32. The number of benzene rings is 1. The second kappa shape index (κ2) is 5.51. The first-order chi connectivity index (χ1) is 11.8. The Kier molecular flexibility index (Phi) is 3.52. The van der Waals surface area contributed by atoms with E-state index in [1.165, 1.54) is 11.6 Å². The summed E-state index contributed by atoms with van der Waals surface area (Å²) in [4.78, 5) is 15.5. The molecule has 25 heavy (non-hydrogen) atoms. The lowest BCUT2D eigenvalue weighted by atomic mass is 9.88. The molecule has 1 aromatic carbocycles. The average Bonchev–Trinajstić information content (AvgIpc) is 3.09. The van der Waals surface area contributed by atoms with Crippen LogP contribution in [-0.2, 0) is 17.4 Å². The summed E-state index contributed by atoms with van der Waals surface area (Å²) in [6.45, 7) is 2.16. The van der Waals surface area contributed by atoms with Gasteiger partial charge in [-0.1, -0.05) is 6.92 Å². The number of carbonyl (C=O) groups is 1. The number of aromatic amines is 1. The van der Waals surface area contributed by atoms with E-state index in [2.05, 4.69) is 17.2 Å². The Morgan fingerprint density at radius 1 is 1.24 bits per heavy atom. The predicted octanol–water partition coefficient (Wildman–Crippen LogP) is 4.97. The van der Waals surface area contributed by atoms with Gasteiger partial charge < -0.3 is 10.3 Å². The van der Waals surface area contributed by atoms with Crippen LogP contribution in [0.25, 0.3) is 11.6 Å². The number of nitrogens with one attached hydrogen (secondary N) is 2. The van der Waals surface area contributed by atoms with Crippen LogP contribution in [0.4, 0.5) is 18.9 Å². The van der Waals surface area contributed by atoms with E-state index in [-0.39, 0.29) is 11.5 Å². The normalized spacial score (nSPS) is 21.2. The molecule has 0 saturated heterocycles. The van der Waals surface area contributed by atoms with Crippen LogP contribution in [-0.4, -0.2) is 10.9 Å².